The fraction of sp³-hybridized carbons (Fsp3) is 0.300. The molecule has 0 aromatic heterocycles. The molecule has 7 nitrogen and oxygen atoms in total. The molecular weight excluding hydrogens is 382 g/mol. The monoisotopic (exact) mass is 403 g/mol. The summed E-state index contributed by atoms with van der Waals surface area (Å²) in [7, 11) is 1.57. The number of carbonyl (C=O) groups excluding carboxylic acids is 2. The van der Waals surface area contributed by atoms with Crippen molar-refractivity contribution in [1.82, 2.24) is 4.90 Å². The number of anilines is 2. The Morgan fingerprint density at radius 3 is 2.43 bits per heavy atom. The number of nitrogens with one attached hydrogen (secondary N) is 2. The SMILES string of the molecule is Cc1ccc(NC(=O)CN(C)C(=O)CNc2cc3c(cc2Cl)OCCO3)cc1. The maximum absolute atomic E-state index is 12.3. The molecule has 2 aromatic carbocycles. The minimum absolute atomic E-state index is 0.00627. The van der Waals surface area contributed by atoms with Crippen molar-refractivity contribution in [2.24, 2.45) is 0 Å². The van der Waals surface area contributed by atoms with Crippen LogP contribution in [0.15, 0.2) is 36.4 Å². The molecule has 1 aliphatic heterocycles. The van der Waals surface area contributed by atoms with E-state index in [-0.39, 0.29) is 24.9 Å². The Balaban J connectivity index is 1.51. The van der Waals surface area contributed by atoms with E-state index in [1.54, 1.807) is 19.2 Å². The van der Waals surface area contributed by atoms with E-state index in [1.165, 1.54) is 4.90 Å². The van der Waals surface area contributed by atoms with E-state index < -0.39 is 0 Å². The highest BCUT2D eigenvalue weighted by atomic mass is 35.5. The van der Waals surface area contributed by atoms with Crippen LogP contribution in [0.25, 0.3) is 0 Å². The van der Waals surface area contributed by atoms with Gasteiger partial charge in [0.2, 0.25) is 11.8 Å². The van der Waals surface area contributed by atoms with E-state index in [2.05, 4.69) is 10.6 Å². The lowest BCUT2D eigenvalue weighted by atomic mass is 10.2. The lowest BCUT2D eigenvalue weighted by molar-refractivity contribution is -0.131. The van der Waals surface area contributed by atoms with Crippen LogP contribution in [-0.2, 0) is 9.59 Å². The number of hydrogen-bond donors (Lipinski definition) is 2. The molecule has 2 amide bonds. The van der Waals surface area contributed by atoms with Gasteiger partial charge in [0.1, 0.15) is 13.2 Å². The molecule has 0 radical (unpaired) electrons. The van der Waals surface area contributed by atoms with Gasteiger partial charge < -0.3 is 25.0 Å². The molecule has 0 aliphatic carbocycles. The third-order valence-electron chi connectivity index (χ3n) is 4.20. The van der Waals surface area contributed by atoms with Gasteiger partial charge in [0.15, 0.2) is 11.5 Å². The molecule has 28 heavy (non-hydrogen) atoms. The molecule has 0 unspecified atom stereocenters. The van der Waals surface area contributed by atoms with Crippen molar-refractivity contribution in [3.63, 3.8) is 0 Å². The van der Waals surface area contributed by atoms with E-state index >= 15 is 0 Å². The van der Waals surface area contributed by atoms with Crippen LogP contribution in [0, 0.1) is 6.92 Å². The molecule has 2 aromatic rings. The molecule has 0 atom stereocenters. The summed E-state index contributed by atoms with van der Waals surface area (Å²) < 4.78 is 11.0. The first-order chi connectivity index (χ1) is 13.4. The molecule has 0 spiro atoms. The van der Waals surface area contributed by atoms with Gasteiger partial charge >= 0.3 is 0 Å². The lowest BCUT2D eigenvalue weighted by Gasteiger charge is -2.21. The zero-order chi connectivity index (χ0) is 20.1. The second-order valence-corrected chi connectivity index (χ2v) is 6.90. The molecule has 148 valence electrons. The van der Waals surface area contributed by atoms with E-state index in [4.69, 9.17) is 21.1 Å². The molecule has 1 heterocycles. The fourth-order valence-electron chi connectivity index (χ4n) is 2.65. The first-order valence-electron chi connectivity index (χ1n) is 8.86. The smallest absolute Gasteiger partial charge is 0.243 e. The maximum atomic E-state index is 12.3. The summed E-state index contributed by atoms with van der Waals surface area (Å²) in [6.07, 6.45) is 0. The normalized spacial score (nSPS) is 12.2. The van der Waals surface area contributed by atoms with Gasteiger partial charge in [-0.25, -0.2) is 0 Å². The zero-order valence-electron chi connectivity index (χ0n) is 15.8. The summed E-state index contributed by atoms with van der Waals surface area (Å²) in [6, 6.07) is 10.8. The lowest BCUT2D eigenvalue weighted by Crippen LogP contribution is -2.38. The molecule has 8 heteroatoms. The average molecular weight is 404 g/mol. The van der Waals surface area contributed by atoms with Crippen LogP contribution in [0.3, 0.4) is 0 Å². The Labute approximate surface area is 168 Å². The van der Waals surface area contributed by atoms with Crippen LogP contribution in [0.5, 0.6) is 11.5 Å². The van der Waals surface area contributed by atoms with E-state index in [9.17, 15) is 9.59 Å². The Kier molecular flexibility index (Phi) is 6.26. The number of hydrogen-bond acceptors (Lipinski definition) is 5. The molecule has 0 fully saturated rings. The van der Waals surface area contributed by atoms with Crippen LogP contribution in [0.1, 0.15) is 5.56 Å². The van der Waals surface area contributed by atoms with Crippen molar-refractivity contribution in [2.45, 2.75) is 6.92 Å². The van der Waals surface area contributed by atoms with Crippen LogP contribution >= 0.6 is 11.6 Å². The van der Waals surface area contributed by atoms with Crippen molar-refractivity contribution in [2.75, 3.05) is 44.0 Å². The van der Waals surface area contributed by atoms with E-state index in [0.29, 0.717) is 41.1 Å². The fourth-order valence-corrected chi connectivity index (χ4v) is 2.87. The average Bonchev–Trinajstić information content (AvgIpc) is 2.67. The second kappa shape index (κ2) is 8.84. The van der Waals surface area contributed by atoms with Crippen LogP contribution in [0.2, 0.25) is 5.02 Å². The van der Waals surface area contributed by atoms with Gasteiger partial charge in [0, 0.05) is 24.9 Å². The van der Waals surface area contributed by atoms with Gasteiger partial charge in [-0.05, 0) is 19.1 Å². The predicted octanol–water partition coefficient (Wildman–Crippen LogP) is 2.93. The largest absolute Gasteiger partial charge is 0.486 e. The number of amides is 2. The zero-order valence-corrected chi connectivity index (χ0v) is 16.5. The number of aryl methyl sites for hydroxylation is 1. The predicted molar refractivity (Wildman–Crippen MR) is 108 cm³/mol. The Bertz CT molecular complexity index is 870. The summed E-state index contributed by atoms with van der Waals surface area (Å²) in [5, 5.41) is 6.18. The quantitative estimate of drug-likeness (QED) is 0.775. The molecule has 0 saturated carbocycles. The van der Waals surface area contributed by atoms with Gasteiger partial charge in [-0.2, -0.15) is 0 Å². The molecule has 1 aliphatic rings. The highest BCUT2D eigenvalue weighted by molar-refractivity contribution is 6.33. The van der Waals surface area contributed by atoms with E-state index in [0.717, 1.165) is 5.56 Å². The number of benzene rings is 2. The van der Waals surface area contributed by atoms with Gasteiger partial charge in [0.05, 0.1) is 23.8 Å². The number of carbonyl (C=O) groups is 2. The summed E-state index contributed by atoms with van der Waals surface area (Å²) in [4.78, 5) is 25.8. The first kappa shape index (κ1) is 19.8. The van der Waals surface area contributed by atoms with Crippen molar-refractivity contribution in [1.29, 1.82) is 0 Å². The first-order valence-corrected chi connectivity index (χ1v) is 9.23. The highest BCUT2D eigenvalue weighted by Crippen LogP contribution is 2.37. The summed E-state index contributed by atoms with van der Waals surface area (Å²) in [6.45, 7) is 2.85. The summed E-state index contributed by atoms with van der Waals surface area (Å²) >= 11 is 6.22. The van der Waals surface area contributed by atoms with E-state index in [1.807, 2.05) is 31.2 Å². The standard InChI is InChI=1S/C20H22ClN3O4/c1-13-3-5-14(6-4-13)23-19(25)12-24(2)20(26)11-22-16-10-18-17(9-15(16)21)27-7-8-28-18/h3-6,9-10,22H,7-8,11-12H2,1-2H3,(H,23,25). The number of halogens is 1. The summed E-state index contributed by atoms with van der Waals surface area (Å²) in [5.41, 5.74) is 2.36. The molecule has 0 bridgehead atoms. The van der Waals surface area contributed by atoms with Crippen LogP contribution < -0.4 is 20.1 Å². The maximum Gasteiger partial charge on any atom is 0.243 e. The molecular formula is C20H22ClN3O4. The Morgan fingerprint density at radius 1 is 1.11 bits per heavy atom. The van der Waals surface area contributed by atoms with Crippen molar-refractivity contribution >= 4 is 34.8 Å². The van der Waals surface area contributed by atoms with Crippen LogP contribution in [0.4, 0.5) is 11.4 Å². The minimum atomic E-state index is -0.267. The number of rotatable bonds is 6. The number of nitrogens with zero attached hydrogens (tertiary/aromatic N) is 1. The Hall–Kier alpha value is -2.93. The van der Waals surface area contributed by atoms with Crippen LogP contribution in [-0.4, -0.2) is 50.1 Å². The third-order valence-corrected chi connectivity index (χ3v) is 4.52. The molecule has 0 saturated heterocycles. The van der Waals surface area contributed by atoms with Gasteiger partial charge in [0.25, 0.3) is 0 Å². The third kappa shape index (κ3) is 5.07. The Morgan fingerprint density at radius 2 is 1.75 bits per heavy atom. The molecule has 2 N–H and O–H groups in total. The van der Waals surface area contributed by atoms with Crippen molar-refractivity contribution in [3.05, 3.63) is 47.0 Å². The van der Waals surface area contributed by atoms with Crippen molar-refractivity contribution in [3.8, 4) is 11.5 Å². The highest BCUT2D eigenvalue weighted by Gasteiger charge is 2.17. The molecule has 3 rings (SSSR count). The summed E-state index contributed by atoms with van der Waals surface area (Å²) in [5.74, 6) is 0.650. The van der Waals surface area contributed by atoms with Gasteiger partial charge in [-0.15, -0.1) is 0 Å². The van der Waals surface area contributed by atoms with Crippen molar-refractivity contribution < 1.29 is 19.1 Å². The number of likely N-dealkylation sites (N-methyl/N-ethyl adjacent to an activating group) is 1. The number of ether oxygens (including phenoxy) is 2. The topological polar surface area (TPSA) is 79.9 Å². The second-order valence-electron chi connectivity index (χ2n) is 6.49. The minimum Gasteiger partial charge on any atom is -0.486 e. The number of fused-ring (bicyclic) bond motifs is 1. The van der Waals surface area contributed by atoms with Gasteiger partial charge in [-0.1, -0.05) is 29.3 Å². The van der Waals surface area contributed by atoms with Gasteiger partial charge in [-0.3, -0.25) is 9.59 Å².